The maximum absolute atomic E-state index is 10.9. The molecule has 0 bridgehead atoms. The number of carbonyl (C=O) groups is 1. The normalized spacial score (nSPS) is 10.9. The van der Waals surface area contributed by atoms with Crippen LogP contribution in [0.25, 0.3) is 0 Å². The Morgan fingerprint density at radius 2 is 1.77 bits per heavy atom. The summed E-state index contributed by atoms with van der Waals surface area (Å²) >= 11 is 0. The predicted octanol–water partition coefficient (Wildman–Crippen LogP) is 4.21. The number of anilines is 1. The molecule has 0 aliphatic carbocycles. The van der Waals surface area contributed by atoms with Gasteiger partial charge in [0.05, 0.1) is 5.69 Å². The number of rotatable bonds is 7. The average Bonchev–Trinajstić information content (AvgIpc) is 2.67. The predicted molar refractivity (Wildman–Crippen MR) is 105 cm³/mol. The van der Waals surface area contributed by atoms with Crippen LogP contribution < -0.4 is 5.32 Å². The van der Waals surface area contributed by atoms with Crippen LogP contribution in [0.3, 0.4) is 0 Å². The fourth-order valence-corrected chi connectivity index (χ4v) is 2.13. The SMILES string of the molecule is C#Cc1cccc(N=C/C(=C/Nc2cccc(C#C)c2)CCC(=O)O)c1. The molecule has 2 N–H and O–H groups in total. The van der Waals surface area contributed by atoms with Crippen LogP contribution in [0.15, 0.2) is 65.3 Å². The van der Waals surface area contributed by atoms with Crippen LogP contribution in [-0.4, -0.2) is 17.3 Å². The van der Waals surface area contributed by atoms with Gasteiger partial charge in [0, 0.05) is 35.6 Å². The number of nitrogens with one attached hydrogen (secondary N) is 1. The molecule has 0 aromatic heterocycles. The summed E-state index contributed by atoms with van der Waals surface area (Å²) < 4.78 is 0. The van der Waals surface area contributed by atoms with Crippen LogP contribution in [-0.2, 0) is 4.79 Å². The second-order valence-corrected chi connectivity index (χ2v) is 5.44. The van der Waals surface area contributed by atoms with Gasteiger partial charge in [-0.25, -0.2) is 0 Å². The van der Waals surface area contributed by atoms with Crippen LogP contribution in [0.4, 0.5) is 11.4 Å². The summed E-state index contributed by atoms with van der Waals surface area (Å²) in [5, 5.41) is 12.1. The van der Waals surface area contributed by atoms with E-state index < -0.39 is 5.97 Å². The second-order valence-electron chi connectivity index (χ2n) is 5.44. The fraction of sp³-hybridized carbons (Fsp3) is 0.0909. The maximum atomic E-state index is 10.9. The van der Waals surface area contributed by atoms with E-state index in [2.05, 4.69) is 22.2 Å². The zero-order chi connectivity index (χ0) is 18.8. The molecule has 0 saturated heterocycles. The molecule has 0 atom stereocenters. The third-order valence-corrected chi connectivity index (χ3v) is 3.47. The lowest BCUT2D eigenvalue weighted by atomic mass is 10.1. The van der Waals surface area contributed by atoms with E-state index in [-0.39, 0.29) is 6.42 Å². The highest BCUT2D eigenvalue weighted by atomic mass is 16.4. The zero-order valence-corrected chi connectivity index (χ0v) is 14.1. The number of nitrogens with zero attached hydrogens (tertiary/aromatic N) is 1. The van der Waals surface area contributed by atoms with Gasteiger partial charge in [-0.05, 0) is 48.4 Å². The summed E-state index contributed by atoms with van der Waals surface area (Å²) in [7, 11) is 0. The van der Waals surface area contributed by atoms with Crippen LogP contribution in [0.2, 0.25) is 0 Å². The molecule has 0 unspecified atom stereocenters. The van der Waals surface area contributed by atoms with Crippen molar-refractivity contribution >= 4 is 23.6 Å². The van der Waals surface area contributed by atoms with Crippen molar-refractivity contribution in [3.63, 3.8) is 0 Å². The van der Waals surface area contributed by atoms with E-state index in [1.807, 2.05) is 42.5 Å². The van der Waals surface area contributed by atoms with Crippen molar-refractivity contribution in [3.05, 3.63) is 71.4 Å². The van der Waals surface area contributed by atoms with Crippen LogP contribution in [0, 0.1) is 24.7 Å². The fourth-order valence-electron chi connectivity index (χ4n) is 2.13. The molecule has 128 valence electrons. The summed E-state index contributed by atoms with van der Waals surface area (Å²) in [6.07, 6.45) is 14.5. The Hall–Kier alpha value is -3.76. The number of aliphatic carboxylic acids is 1. The van der Waals surface area contributed by atoms with Gasteiger partial charge in [-0.1, -0.05) is 24.0 Å². The third-order valence-electron chi connectivity index (χ3n) is 3.47. The molecule has 2 rings (SSSR count). The van der Waals surface area contributed by atoms with E-state index in [1.54, 1.807) is 18.5 Å². The molecule has 0 aliphatic rings. The van der Waals surface area contributed by atoms with Crippen molar-refractivity contribution < 1.29 is 9.90 Å². The van der Waals surface area contributed by atoms with Crippen LogP contribution >= 0.6 is 0 Å². The Bertz CT molecular complexity index is 928. The van der Waals surface area contributed by atoms with E-state index >= 15 is 0 Å². The van der Waals surface area contributed by atoms with Crippen LogP contribution in [0.5, 0.6) is 0 Å². The molecular weight excluding hydrogens is 324 g/mol. The van der Waals surface area contributed by atoms with Crippen molar-refractivity contribution in [2.24, 2.45) is 4.99 Å². The first-order valence-corrected chi connectivity index (χ1v) is 7.95. The summed E-state index contributed by atoms with van der Waals surface area (Å²) in [6, 6.07) is 14.7. The molecular formula is C22H18N2O2. The molecule has 0 aliphatic heterocycles. The number of terminal acetylenes is 2. The Labute approximate surface area is 153 Å². The molecule has 0 saturated carbocycles. The highest BCUT2D eigenvalue weighted by Gasteiger charge is 2.01. The van der Waals surface area contributed by atoms with E-state index in [4.69, 9.17) is 18.0 Å². The first-order chi connectivity index (χ1) is 12.6. The monoisotopic (exact) mass is 342 g/mol. The van der Waals surface area contributed by atoms with Gasteiger partial charge in [0.2, 0.25) is 0 Å². The molecule has 0 radical (unpaired) electrons. The highest BCUT2D eigenvalue weighted by Crippen LogP contribution is 2.15. The van der Waals surface area contributed by atoms with Gasteiger partial charge in [-0.15, -0.1) is 12.8 Å². The lowest BCUT2D eigenvalue weighted by molar-refractivity contribution is -0.136. The molecule has 2 aromatic rings. The van der Waals surface area contributed by atoms with E-state index in [1.165, 1.54) is 0 Å². The Balaban J connectivity index is 2.18. The first kappa shape index (κ1) is 18.6. The number of aliphatic imine (C=N–C) groups is 1. The molecule has 4 nitrogen and oxygen atoms in total. The zero-order valence-electron chi connectivity index (χ0n) is 14.1. The van der Waals surface area contributed by atoms with Crippen molar-refractivity contribution in [2.75, 3.05) is 5.32 Å². The van der Waals surface area contributed by atoms with Gasteiger partial charge >= 0.3 is 5.97 Å². The van der Waals surface area contributed by atoms with Gasteiger partial charge in [-0.2, -0.15) is 0 Å². The van der Waals surface area contributed by atoms with Gasteiger partial charge in [0.15, 0.2) is 0 Å². The molecule has 4 heteroatoms. The molecule has 0 heterocycles. The maximum Gasteiger partial charge on any atom is 0.303 e. The van der Waals surface area contributed by atoms with Crippen molar-refractivity contribution in [3.8, 4) is 24.7 Å². The summed E-state index contributed by atoms with van der Waals surface area (Å²) in [5.74, 6) is 4.26. The van der Waals surface area contributed by atoms with E-state index in [9.17, 15) is 4.79 Å². The second kappa shape index (κ2) is 9.52. The highest BCUT2D eigenvalue weighted by molar-refractivity contribution is 5.83. The number of benzene rings is 2. The number of hydrogen-bond acceptors (Lipinski definition) is 3. The Kier molecular flexibility index (Phi) is 6.80. The summed E-state index contributed by atoms with van der Waals surface area (Å²) in [5.41, 5.74) is 3.76. The van der Waals surface area contributed by atoms with Gasteiger partial charge in [0.1, 0.15) is 0 Å². The summed E-state index contributed by atoms with van der Waals surface area (Å²) in [6.45, 7) is 0. The lowest BCUT2D eigenvalue weighted by Crippen LogP contribution is -1.99. The number of hydrogen-bond donors (Lipinski definition) is 2. The third kappa shape index (κ3) is 6.03. The number of carboxylic acids is 1. The van der Waals surface area contributed by atoms with Gasteiger partial charge < -0.3 is 10.4 Å². The number of allylic oxidation sites excluding steroid dienone is 1. The minimum Gasteiger partial charge on any atom is -0.481 e. The molecule has 2 aromatic carbocycles. The average molecular weight is 342 g/mol. The molecule has 0 amide bonds. The quantitative estimate of drug-likeness (QED) is 0.585. The first-order valence-electron chi connectivity index (χ1n) is 7.95. The standard InChI is InChI=1S/C22H18N2O2/c1-3-17-7-5-9-20(13-17)23-15-19(11-12-22(25)26)16-24-21-10-6-8-18(4-2)14-21/h1-2,5-10,13-16,23H,11-12H2,(H,25,26)/b19-15+,24-16?. The van der Waals surface area contributed by atoms with Gasteiger partial charge in [0.25, 0.3) is 0 Å². The number of carboxylic acid groups (broad SMARTS) is 1. The van der Waals surface area contributed by atoms with Crippen molar-refractivity contribution in [1.29, 1.82) is 0 Å². The molecule has 0 spiro atoms. The minimum absolute atomic E-state index is 0.00826. The Morgan fingerprint density at radius 1 is 1.08 bits per heavy atom. The molecule has 26 heavy (non-hydrogen) atoms. The van der Waals surface area contributed by atoms with E-state index in [0.29, 0.717) is 12.1 Å². The topological polar surface area (TPSA) is 61.7 Å². The molecule has 0 fully saturated rings. The summed E-state index contributed by atoms with van der Waals surface area (Å²) in [4.78, 5) is 15.3. The van der Waals surface area contributed by atoms with E-state index in [0.717, 1.165) is 22.4 Å². The lowest BCUT2D eigenvalue weighted by Gasteiger charge is -2.05. The Morgan fingerprint density at radius 3 is 2.46 bits per heavy atom. The van der Waals surface area contributed by atoms with Crippen LogP contribution in [0.1, 0.15) is 24.0 Å². The largest absolute Gasteiger partial charge is 0.481 e. The minimum atomic E-state index is -0.868. The van der Waals surface area contributed by atoms with Gasteiger partial charge in [-0.3, -0.25) is 9.79 Å². The van der Waals surface area contributed by atoms with Crippen molar-refractivity contribution in [1.82, 2.24) is 0 Å². The van der Waals surface area contributed by atoms with Crippen molar-refractivity contribution in [2.45, 2.75) is 12.8 Å². The smallest absolute Gasteiger partial charge is 0.303 e.